The SMILES string of the molecule is Cn1nc(CC(C)(C)C)[n+](C)n1. The predicted octanol–water partition coefficient (Wildman–Crippen LogP) is 0.228. The number of tetrazole rings is 1. The summed E-state index contributed by atoms with van der Waals surface area (Å²) in [5, 5.41) is 8.38. The summed E-state index contributed by atoms with van der Waals surface area (Å²) in [6, 6.07) is 0. The van der Waals surface area contributed by atoms with Crippen LogP contribution in [0.4, 0.5) is 0 Å². The Kier molecular flexibility index (Phi) is 2.17. The minimum Gasteiger partial charge on any atom is -0.140 e. The van der Waals surface area contributed by atoms with Gasteiger partial charge in [0.2, 0.25) is 0 Å². The van der Waals surface area contributed by atoms with Gasteiger partial charge in [0.05, 0.1) is 17.4 Å². The molecule has 1 rings (SSSR count). The first-order chi connectivity index (χ1) is 5.38. The van der Waals surface area contributed by atoms with Crippen molar-refractivity contribution in [3.63, 3.8) is 0 Å². The molecule has 0 unspecified atom stereocenters. The monoisotopic (exact) mass is 169 g/mol. The maximum Gasteiger partial charge on any atom is 0.298 e. The summed E-state index contributed by atoms with van der Waals surface area (Å²) in [6.45, 7) is 6.59. The molecular weight excluding hydrogens is 152 g/mol. The van der Waals surface area contributed by atoms with Crippen LogP contribution in [0, 0.1) is 5.41 Å². The largest absolute Gasteiger partial charge is 0.298 e. The second kappa shape index (κ2) is 2.84. The summed E-state index contributed by atoms with van der Waals surface area (Å²) in [5.74, 6) is 1.03. The highest BCUT2D eigenvalue weighted by atomic mass is 15.6. The highest BCUT2D eigenvalue weighted by Gasteiger charge is 2.21. The van der Waals surface area contributed by atoms with Gasteiger partial charge in [-0.05, 0) is 10.2 Å². The number of nitrogens with zero attached hydrogens (tertiary/aromatic N) is 4. The Labute approximate surface area is 73.2 Å². The molecule has 0 amide bonds. The molecule has 4 heteroatoms. The molecule has 0 atom stereocenters. The van der Waals surface area contributed by atoms with E-state index in [4.69, 9.17) is 0 Å². The smallest absolute Gasteiger partial charge is 0.140 e. The van der Waals surface area contributed by atoms with Crippen LogP contribution in [0.3, 0.4) is 0 Å². The van der Waals surface area contributed by atoms with Gasteiger partial charge in [-0.2, -0.15) is 0 Å². The average molecular weight is 169 g/mol. The highest BCUT2D eigenvalue weighted by molar-refractivity contribution is 4.77. The van der Waals surface area contributed by atoms with Gasteiger partial charge in [0.15, 0.2) is 0 Å². The minimum atomic E-state index is 0.272. The Hall–Kier alpha value is -0.930. The summed E-state index contributed by atoms with van der Waals surface area (Å²) in [4.78, 5) is 1.60. The first-order valence-electron chi connectivity index (χ1n) is 4.15. The fourth-order valence-electron chi connectivity index (χ4n) is 1.12. The van der Waals surface area contributed by atoms with Gasteiger partial charge in [-0.3, -0.25) is 0 Å². The van der Waals surface area contributed by atoms with Crippen molar-refractivity contribution in [1.82, 2.24) is 15.1 Å². The van der Waals surface area contributed by atoms with Crippen LogP contribution in [0.2, 0.25) is 0 Å². The molecule has 0 spiro atoms. The average Bonchev–Trinajstić information content (AvgIpc) is 2.06. The lowest BCUT2D eigenvalue weighted by Gasteiger charge is -2.13. The molecule has 0 fully saturated rings. The Morgan fingerprint density at radius 1 is 1.42 bits per heavy atom. The van der Waals surface area contributed by atoms with E-state index < -0.39 is 0 Å². The lowest BCUT2D eigenvalue weighted by Crippen LogP contribution is -2.37. The fourth-order valence-corrected chi connectivity index (χ4v) is 1.12. The Morgan fingerprint density at radius 2 is 2.00 bits per heavy atom. The van der Waals surface area contributed by atoms with Crippen LogP contribution < -0.4 is 4.68 Å². The van der Waals surface area contributed by atoms with Crippen LogP contribution in [-0.2, 0) is 20.5 Å². The minimum absolute atomic E-state index is 0.272. The maximum absolute atomic E-state index is 4.26. The van der Waals surface area contributed by atoms with Crippen molar-refractivity contribution >= 4 is 0 Å². The van der Waals surface area contributed by atoms with Crippen LogP contribution in [0.25, 0.3) is 0 Å². The second-order valence-corrected chi connectivity index (χ2v) is 4.36. The molecule has 0 aromatic carbocycles. The number of hydrogen-bond acceptors (Lipinski definition) is 2. The van der Waals surface area contributed by atoms with Gasteiger partial charge in [0.25, 0.3) is 5.82 Å². The summed E-state index contributed by atoms with van der Waals surface area (Å²) in [5.41, 5.74) is 0.272. The predicted molar refractivity (Wildman–Crippen MR) is 45.3 cm³/mol. The van der Waals surface area contributed by atoms with E-state index in [1.165, 1.54) is 0 Å². The molecule has 1 aromatic heterocycles. The van der Waals surface area contributed by atoms with Crippen LogP contribution in [-0.4, -0.2) is 15.1 Å². The molecule has 0 N–H and O–H groups in total. The van der Waals surface area contributed by atoms with Crippen molar-refractivity contribution in [3.05, 3.63) is 5.82 Å². The molecule has 0 saturated carbocycles. The van der Waals surface area contributed by atoms with E-state index in [-0.39, 0.29) is 5.41 Å². The lowest BCUT2D eigenvalue weighted by molar-refractivity contribution is -0.740. The number of rotatable bonds is 1. The van der Waals surface area contributed by atoms with E-state index in [0.717, 1.165) is 12.2 Å². The van der Waals surface area contributed by atoms with Crippen molar-refractivity contribution in [3.8, 4) is 0 Å². The maximum atomic E-state index is 4.26. The summed E-state index contributed by atoms with van der Waals surface area (Å²) < 4.78 is 1.82. The van der Waals surface area contributed by atoms with Gasteiger partial charge in [-0.25, -0.2) is 0 Å². The zero-order valence-electron chi connectivity index (χ0n) is 8.50. The van der Waals surface area contributed by atoms with Crippen molar-refractivity contribution in [2.75, 3.05) is 0 Å². The molecule has 4 nitrogen and oxygen atoms in total. The Morgan fingerprint density at radius 3 is 2.33 bits per heavy atom. The molecule has 12 heavy (non-hydrogen) atoms. The molecule has 0 radical (unpaired) electrons. The van der Waals surface area contributed by atoms with Crippen LogP contribution in [0.1, 0.15) is 26.6 Å². The summed E-state index contributed by atoms with van der Waals surface area (Å²) in [7, 11) is 3.76. The molecule has 0 bridgehead atoms. The van der Waals surface area contributed by atoms with E-state index in [0.29, 0.717) is 0 Å². The molecule has 0 aliphatic carbocycles. The molecule has 0 aliphatic heterocycles. The van der Waals surface area contributed by atoms with Crippen LogP contribution in [0.5, 0.6) is 0 Å². The number of hydrogen-bond donors (Lipinski definition) is 0. The normalized spacial score (nSPS) is 12.1. The van der Waals surface area contributed by atoms with Crippen molar-refractivity contribution in [2.45, 2.75) is 27.2 Å². The van der Waals surface area contributed by atoms with Crippen molar-refractivity contribution < 1.29 is 4.68 Å². The topological polar surface area (TPSA) is 34.6 Å². The molecule has 0 saturated heterocycles. The van der Waals surface area contributed by atoms with E-state index in [2.05, 4.69) is 31.1 Å². The van der Waals surface area contributed by atoms with Crippen LogP contribution >= 0.6 is 0 Å². The van der Waals surface area contributed by atoms with E-state index >= 15 is 0 Å². The summed E-state index contributed by atoms with van der Waals surface area (Å²) in [6.07, 6.45) is 0.956. The van der Waals surface area contributed by atoms with E-state index in [9.17, 15) is 0 Å². The van der Waals surface area contributed by atoms with Crippen LogP contribution in [0.15, 0.2) is 0 Å². The molecule has 1 heterocycles. The van der Waals surface area contributed by atoms with Crippen molar-refractivity contribution in [1.29, 1.82) is 0 Å². The van der Waals surface area contributed by atoms with E-state index in [1.54, 1.807) is 4.80 Å². The van der Waals surface area contributed by atoms with Gasteiger partial charge >= 0.3 is 0 Å². The number of aromatic nitrogens is 4. The lowest BCUT2D eigenvalue weighted by atomic mass is 9.92. The second-order valence-electron chi connectivity index (χ2n) is 4.36. The summed E-state index contributed by atoms with van der Waals surface area (Å²) >= 11 is 0. The molecule has 68 valence electrons. The standard InChI is InChI=1S/C8H17N4/c1-8(2,3)6-7-9-12(5)10-11(7)4/h6H2,1-5H3/q+1. The third kappa shape index (κ3) is 2.29. The first-order valence-corrected chi connectivity index (χ1v) is 4.15. The molecular formula is C8H17N4+. The third-order valence-electron chi connectivity index (χ3n) is 1.59. The van der Waals surface area contributed by atoms with Gasteiger partial charge in [0, 0.05) is 6.42 Å². The van der Waals surface area contributed by atoms with Gasteiger partial charge < -0.3 is 0 Å². The highest BCUT2D eigenvalue weighted by Crippen LogP contribution is 2.16. The number of aryl methyl sites for hydroxylation is 2. The van der Waals surface area contributed by atoms with Crippen molar-refractivity contribution in [2.24, 2.45) is 19.5 Å². The van der Waals surface area contributed by atoms with Gasteiger partial charge in [-0.1, -0.05) is 20.8 Å². The molecule has 1 aromatic rings. The molecule has 0 aliphatic rings. The van der Waals surface area contributed by atoms with Gasteiger partial charge in [0.1, 0.15) is 7.05 Å². The Bertz CT molecular complexity index is 269. The zero-order valence-corrected chi connectivity index (χ0v) is 8.50. The fraction of sp³-hybridized carbons (Fsp3) is 0.875. The third-order valence-corrected chi connectivity index (χ3v) is 1.59. The van der Waals surface area contributed by atoms with E-state index in [1.807, 2.05) is 18.8 Å². The zero-order chi connectivity index (χ0) is 9.35. The van der Waals surface area contributed by atoms with Gasteiger partial charge in [-0.15, -0.1) is 4.68 Å². The first kappa shape index (κ1) is 9.16. The Balaban J connectivity index is 2.82. The quantitative estimate of drug-likeness (QED) is 0.564.